The van der Waals surface area contributed by atoms with Crippen LogP contribution in [0, 0.1) is 0 Å². The Kier molecular flexibility index (Phi) is 9.17. The molecule has 7 heteroatoms. The molecule has 1 aromatic rings. The molecule has 0 heterocycles. The van der Waals surface area contributed by atoms with Gasteiger partial charge in [0.25, 0.3) is 0 Å². The Hall–Kier alpha value is -1.89. The lowest BCUT2D eigenvalue weighted by Gasteiger charge is -2.14. The Balaban J connectivity index is 1.78. The van der Waals surface area contributed by atoms with E-state index in [4.69, 9.17) is 4.74 Å². The Labute approximate surface area is 154 Å². The van der Waals surface area contributed by atoms with Gasteiger partial charge in [0.15, 0.2) is 5.96 Å². The molecule has 5 nitrogen and oxygen atoms in total. The van der Waals surface area contributed by atoms with E-state index in [2.05, 4.69) is 20.4 Å². The largest absolute Gasteiger partial charge is 0.434 e. The number of hydrogen-bond acceptors (Lipinski definition) is 3. The van der Waals surface area contributed by atoms with Crippen LogP contribution in [0.15, 0.2) is 29.3 Å². The van der Waals surface area contributed by atoms with Crippen molar-refractivity contribution in [2.45, 2.75) is 58.3 Å². The van der Waals surface area contributed by atoms with Crippen molar-refractivity contribution in [2.24, 2.45) is 4.99 Å². The van der Waals surface area contributed by atoms with Gasteiger partial charge >= 0.3 is 6.61 Å². The summed E-state index contributed by atoms with van der Waals surface area (Å²) in [6.07, 6.45) is 6.23. The number of aliphatic imine (C=N–C) groups is 1. The lowest BCUT2D eigenvalue weighted by molar-refractivity contribution is -0.0504. The van der Waals surface area contributed by atoms with Gasteiger partial charge in [-0.1, -0.05) is 31.0 Å². The van der Waals surface area contributed by atoms with Gasteiger partial charge in [-0.2, -0.15) is 8.78 Å². The van der Waals surface area contributed by atoms with Gasteiger partial charge in [0.1, 0.15) is 5.75 Å². The van der Waals surface area contributed by atoms with Crippen LogP contribution in [0.5, 0.6) is 5.75 Å². The minimum absolute atomic E-state index is 0.159. The molecule has 0 atom stereocenters. The zero-order valence-electron chi connectivity index (χ0n) is 15.3. The molecule has 1 saturated carbocycles. The van der Waals surface area contributed by atoms with Gasteiger partial charge < -0.3 is 20.1 Å². The van der Waals surface area contributed by atoms with Crippen LogP contribution < -0.4 is 15.4 Å². The van der Waals surface area contributed by atoms with Gasteiger partial charge in [-0.25, -0.2) is 4.99 Å². The number of nitrogens with one attached hydrogen (secondary N) is 2. The molecule has 1 fully saturated rings. The highest BCUT2D eigenvalue weighted by atomic mass is 19.3. The quantitative estimate of drug-likeness (QED) is 0.375. The summed E-state index contributed by atoms with van der Waals surface area (Å²) in [5.74, 6) is 0.812. The highest BCUT2D eigenvalue weighted by Crippen LogP contribution is 2.21. The summed E-state index contributed by atoms with van der Waals surface area (Å²) in [4.78, 5) is 4.46. The van der Waals surface area contributed by atoms with Gasteiger partial charge in [-0.3, -0.25) is 0 Å². The van der Waals surface area contributed by atoms with Crippen molar-refractivity contribution >= 4 is 5.96 Å². The van der Waals surface area contributed by atoms with E-state index in [-0.39, 0.29) is 12.3 Å². The fourth-order valence-corrected chi connectivity index (χ4v) is 2.94. The van der Waals surface area contributed by atoms with Crippen molar-refractivity contribution in [1.82, 2.24) is 10.6 Å². The van der Waals surface area contributed by atoms with E-state index in [0.29, 0.717) is 17.6 Å². The third kappa shape index (κ3) is 7.56. The summed E-state index contributed by atoms with van der Waals surface area (Å²) in [7, 11) is 0. The van der Waals surface area contributed by atoms with Gasteiger partial charge in [0.2, 0.25) is 0 Å². The van der Waals surface area contributed by atoms with E-state index >= 15 is 0 Å². The average Bonchev–Trinajstić information content (AvgIpc) is 3.13. The third-order valence-corrected chi connectivity index (χ3v) is 4.21. The van der Waals surface area contributed by atoms with Crippen molar-refractivity contribution < 1.29 is 18.3 Å². The zero-order chi connectivity index (χ0) is 18.6. The van der Waals surface area contributed by atoms with Gasteiger partial charge in [0.05, 0.1) is 12.6 Å². The maximum absolute atomic E-state index is 12.5. The van der Waals surface area contributed by atoms with E-state index in [1.54, 1.807) is 18.2 Å². The second-order valence-corrected chi connectivity index (χ2v) is 6.24. The Bertz CT molecular complexity index is 549. The lowest BCUT2D eigenvalue weighted by Crippen LogP contribution is -2.38. The number of nitrogens with zero attached hydrogens (tertiary/aromatic N) is 1. The first-order chi connectivity index (χ1) is 12.7. The molecule has 0 aliphatic heterocycles. The number of rotatable bonds is 10. The SMILES string of the molecule is CCNC(=NCc1ccccc1OC(F)F)NCCCOC1CCCC1. The second kappa shape index (κ2) is 11.7. The molecule has 0 saturated heterocycles. The summed E-state index contributed by atoms with van der Waals surface area (Å²) in [5.41, 5.74) is 0.620. The van der Waals surface area contributed by atoms with E-state index in [0.717, 1.165) is 26.1 Å². The van der Waals surface area contributed by atoms with Crippen LogP contribution in [0.4, 0.5) is 8.78 Å². The molecule has 146 valence electrons. The summed E-state index contributed by atoms with van der Waals surface area (Å²) >= 11 is 0. The molecule has 2 N–H and O–H groups in total. The van der Waals surface area contributed by atoms with Crippen LogP contribution in [-0.2, 0) is 11.3 Å². The van der Waals surface area contributed by atoms with Crippen LogP contribution in [0.3, 0.4) is 0 Å². The number of guanidine groups is 1. The smallest absolute Gasteiger partial charge is 0.387 e. The van der Waals surface area contributed by atoms with Crippen LogP contribution >= 0.6 is 0 Å². The normalized spacial score (nSPS) is 15.5. The van der Waals surface area contributed by atoms with E-state index in [1.165, 1.54) is 31.7 Å². The molecule has 2 rings (SSSR count). The molecule has 1 aromatic carbocycles. The number of benzene rings is 1. The molecule has 1 aliphatic rings. The monoisotopic (exact) mass is 369 g/mol. The highest BCUT2D eigenvalue weighted by molar-refractivity contribution is 5.79. The summed E-state index contributed by atoms with van der Waals surface area (Å²) in [6.45, 7) is 1.60. The minimum Gasteiger partial charge on any atom is -0.434 e. The highest BCUT2D eigenvalue weighted by Gasteiger charge is 2.14. The van der Waals surface area contributed by atoms with Crippen LogP contribution in [0.25, 0.3) is 0 Å². The molecule has 0 bridgehead atoms. The number of para-hydroxylation sites is 1. The maximum Gasteiger partial charge on any atom is 0.387 e. The van der Waals surface area contributed by atoms with Gasteiger partial charge in [-0.15, -0.1) is 0 Å². The maximum atomic E-state index is 12.5. The predicted molar refractivity (Wildman–Crippen MR) is 98.7 cm³/mol. The topological polar surface area (TPSA) is 54.9 Å². The van der Waals surface area contributed by atoms with Crippen molar-refractivity contribution in [1.29, 1.82) is 0 Å². The van der Waals surface area contributed by atoms with E-state index in [9.17, 15) is 8.78 Å². The fourth-order valence-electron chi connectivity index (χ4n) is 2.94. The molecule has 0 amide bonds. The summed E-state index contributed by atoms with van der Waals surface area (Å²) in [6, 6.07) is 6.71. The first kappa shape index (κ1) is 20.4. The molecule has 0 aromatic heterocycles. The van der Waals surface area contributed by atoms with Crippen molar-refractivity contribution in [2.75, 3.05) is 19.7 Å². The molecule has 26 heavy (non-hydrogen) atoms. The van der Waals surface area contributed by atoms with Gasteiger partial charge in [-0.05, 0) is 32.3 Å². The Morgan fingerprint density at radius 2 is 2.00 bits per heavy atom. The summed E-state index contributed by atoms with van der Waals surface area (Å²) < 4.78 is 35.3. The molecule has 0 unspecified atom stereocenters. The third-order valence-electron chi connectivity index (χ3n) is 4.21. The first-order valence-electron chi connectivity index (χ1n) is 9.35. The predicted octanol–water partition coefficient (Wildman–Crippen LogP) is 3.69. The fraction of sp³-hybridized carbons (Fsp3) is 0.632. The van der Waals surface area contributed by atoms with Crippen LogP contribution in [0.2, 0.25) is 0 Å². The number of alkyl halides is 2. The molecular formula is C19H29F2N3O2. The molecule has 0 radical (unpaired) electrons. The molecule has 1 aliphatic carbocycles. The standard InChI is InChI=1S/C19H29F2N3O2/c1-2-22-19(23-12-7-13-25-16-9-4-5-10-16)24-14-15-8-3-6-11-17(15)26-18(20)21/h3,6,8,11,16,18H,2,4-5,7,9-10,12-14H2,1H3,(H2,22,23,24). The molecular weight excluding hydrogens is 340 g/mol. The minimum atomic E-state index is -2.84. The number of halogens is 2. The molecule has 0 spiro atoms. The average molecular weight is 369 g/mol. The Morgan fingerprint density at radius 3 is 2.73 bits per heavy atom. The Morgan fingerprint density at radius 1 is 1.23 bits per heavy atom. The van der Waals surface area contributed by atoms with E-state index < -0.39 is 6.61 Å². The first-order valence-corrected chi connectivity index (χ1v) is 9.35. The number of hydrogen-bond donors (Lipinski definition) is 2. The van der Waals surface area contributed by atoms with Gasteiger partial charge in [0, 0.05) is 25.3 Å². The van der Waals surface area contributed by atoms with Crippen LogP contribution in [-0.4, -0.2) is 38.4 Å². The number of ether oxygens (including phenoxy) is 2. The van der Waals surface area contributed by atoms with Crippen molar-refractivity contribution in [3.63, 3.8) is 0 Å². The second-order valence-electron chi connectivity index (χ2n) is 6.24. The van der Waals surface area contributed by atoms with Crippen molar-refractivity contribution in [3.8, 4) is 5.75 Å². The summed E-state index contributed by atoms with van der Waals surface area (Å²) in [5, 5.41) is 6.40. The lowest BCUT2D eigenvalue weighted by atomic mass is 10.2. The zero-order valence-corrected chi connectivity index (χ0v) is 15.3. The van der Waals surface area contributed by atoms with E-state index in [1.807, 2.05) is 6.92 Å². The van der Waals surface area contributed by atoms with Crippen LogP contribution in [0.1, 0.15) is 44.6 Å². The van der Waals surface area contributed by atoms with Crippen molar-refractivity contribution in [3.05, 3.63) is 29.8 Å².